The van der Waals surface area contributed by atoms with Gasteiger partial charge in [-0.2, -0.15) is 0 Å². The number of benzene rings is 1. The lowest BCUT2D eigenvalue weighted by Crippen LogP contribution is -2.41. The molecule has 1 aromatic heterocycles. The van der Waals surface area contributed by atoms with Crippen LogP contribution in [0.2, 0.25) is 0 Å². The number of hydrogen-bond donors (Lipinski definition) is 1. The Kier molecular flexibility index (Phi) is 4.46. The van der Waals surface area contributed by atoms with Crippen molar-refractivity contribution in [1.82, 2.24) is 4.72 Å². The number of rotatable bonds is 5. The molecule has 0 aliphatic carbocycles. The van der Waals surface area contributed by atoms with Gasteiger partial charge in [0.05, 0.1) is 24.3 Å². The number of nitrogens with one attached hydrogen (secondary N) is 1. The van der Waals surface area contributed by atoms with Crippen molar-refractivity contribution in [2.75, 3.05) is 24.7 Å². The lowest BCUT2D eigenvalue weighted by atomic mass is 10.2. The van der Waals surface area contributed by atoms with Gasteiger partial charge >= 0.3 is 0 Å². The number of carbonyl (C=O) groups excluding carboxylic acids is 1. The number of anilines is 1. The van der Waals surface area contributed by atoms with Crippen LogP contribution >= 0.6 is 0 Å². The lowest BCUT2D eigenvalue weighted by Gasteiger charge is -2.26. The third kappa shape index (κ3) is 3.61. The Hall–Kier alpha value is -2.16. The number of morpholine rings is 1. The van der Waals surface area contributed by atoms with Crippen molar-refractivity contribution >= 4 is 21.6 Å². The van der Waals surface area contributed by atoms with Crippen molar-refractivity contribution in [1.29, 1.82) is 0 Å². The molecule has 0 saturated carbocycles. The summed E-state index contributed by atoms with van der Waals surface area (Å²) in [5, 5.41) is 0. The summed E-state index contributed by atoms with van der Waals surface area (Å²) in [6.07, 6.45) is 1.48. The third-order valence-electron chi connectivity index (χ3n) is 3.46. The van der Waals surface area contributed by atoms with Crippen LogP contribution in [0.4, 0.5) is 5.69 Å². The zero-order chi connectivity index (χ0) is 16.3. The molecule has 0 spiro atoms. The summed E-state index contributed by atoms with van der Waals surface area (Å²) in [5.74, 6) is 0.395. The minimum Gasteiger partial charge on any atom is -0.468 e. The maximum absolute atomic E-state index is 12.2. The quantitative estimate of drug-likeness (QED) is 0.884. The summed E-state index contributed by atoms with van der Waals surface area (Å²) in [7, 11) is -3.64. The highest BCUT2D eigenvalue weighted by atomic mass is 32.2. The van der Waals surface area contributed by atoms with E-state index in [1.807, 2.05) is 0 Å². The Labute approximate surface area is 133 Å². The van der Waals surface area contributed by atoms with Gasteiger partial charge in [-0.15, -0.1) is 0 Å². The molecule has 0 bridgehead atoms. The predicted molar refractivity (Wildman–Crippen MR) is 82.3 cm³/mol. The van der Waals surface area contributed by atoms with Crippen LogP contribution in [-0.4, -0.2) is 34.1 Å². The summed E-state index contributed by atoms with van der Waals surface area (Å²) in [6, 6.07) is 9.56. The monoisotopic (exact) mass is 336 g/mol. The average Bonchev–Trinajstić information content (AvgIpc) is 3.07. The molecule has 1 saturated heterocycles. The summed E-state index contributed by atoms with van der Waals surface area (Å²) >= 11 is 0. The van der Waals surface area contributed by atoms with Crippen molar-refractivity contribution in [3.8, 4) is 0 Å². The van der Waals surface area contributed by atoms with E-state index in [1.165, 1.54) is 18.4 Å². The fraction of sp³-hybridized carbons (Fsp3) is 0.267. The van der Waals surface area contributed by atoms with Crippen LogP contribution in [0.5, 0.6) is 0 Å². The van der Waals surface area contributed by atoms with E-state index < -0.39 is 10.0 Å². The molecule has 1 amide bonds. The summed E-state index contributed by atoms with van der Waals surface area (Å²) in [4.78, 5) is 13.5. The molecule has 0 unspecified atom stereocenters. The molecule has 1 aromatic carbocycles. The first-order chi connectivity index (χ1) is 11.1. The number of amides is 1. The largest absolute Gasteiger partial charge is 0.468 e. The highest BCUT2D eigenvalue weighted by Crippen LogP contribution is 2.19. The second kappa shape index (κ2) is 6.53. The molecule has 1 N–H and O–H groups in total. The Morgan fingerprint density at radius 2 is 1.96 bits per heavy atom. The first kappa shape index (κ1) is 15.7. The summed E-state index contributed by atoms with van der Waals surface area (Å²) in [6.45, 7) is 1.06. The number of ether oxygens (including phenoxy) is 1. The molecule has 1 aliphatic rings. The van der Waals surface area contributed by atoms with Gasteiger partial charge in [0.2, 0.25) is 10.0 Å². The average molecular weight is 336 g/mol. The lowest BCUT2D eigenvalue weighted by molar-refractivity contribution is -0.125. The molecule has 1 aliphatic heterocycles. The minimum atomic E-state index is -3.64. The molecule has 7 nitrogen and oxygen atoms in total. The highest BCUT2D eigenvalue weighted by molar-refractivity contribution is 7.89. The van der Waals surface area contributed by atoms with E-state index in [0.29, 0.717) is 24.6 Å². The molecule has 1 fully saturated rings. The Bertz CT molecular complexity index is 769. The Balaban J connectivity index is 1.71. The third-order valence-corrected chi connectivity index (χ3v) is 4.88. The molecule has 0 radical (unpaired) electrons. The van der Waals surface area contributed by atoms with E-state index in [4.69, 9.17) is 9.15 Å². The molecule has 3 rings (SSSR count). The first-order valence-corrected chi connectivity index (χ1v) is 8.55. The van der Waals surface area contributed by atoms with Gasteiger partial charge in [0.15, 0.2) is 0 Å². The highest BCUT2D eigenvalue weighted by Gasteiger charge is 2.21. The summed E-state index contributed by atoms with van der Waals surface area (Å²) < 4.78 is 37.1. The first-order valence-electron chi connectivity index (χ1n) is 7.06. The van der Waals surface area contributed by atoms with Gasteiger partial charge in [-0.05, 0) is 36.4 Å². The van der Waals surface area contributed by atoms with Crippen LogP contribution in [0.15, 0.2) is 52.0 Å². The second-order valence-electron chi connectivity index (χ2n) is 5.00. The van der Waals surface area contributed by atoms with E-state index in [9.17, 15) is 13.2 Å². The van der Waals surface area contributed by atoms with E-state index in [2.05, 4.69) is 4.72 Å². The maximum Gasteiger partial charge on any atom is 0.253 e. The van der Waals surface area contributed by atoms with E-state index in [-0.39, 0.29) is 24.0 Å². The molecule has 0 atom stereocenters. The molecule has 122 valence electrons. The van der Waals surface area contributed by atoms with Crippen LogP contribution < -0.4 is 9.62 Å². The van der Waals surface area contributed by atoms with Crippen LogP contribution in [-0.2, 0) is 26.1 Å². The van der Waals surface area contributed by atoms with Gasteiger partial charge in [-0.3, -0.25) is 4.79 Å². The van der Waals surface area contributed by atoms with Crippen LogP contribution in [0.3, 0.4) is 0 Å². The SMILES string of the molecule is O=C1COCCN1c1ccc(S(=O)(=O)NCc2ccco2)cc1. The van der Waals surface area contributed by atoms with Crippen molar-refractivity contribution in [3.05, 3.63) is 48.4 Å². The molecular formula is C15H16N2O5S. The fourth-order valence-electron chi connectivity index (χ4n) is 2.26. The molecule has 23 heavy (non-hydrogen) atoms. The van der Waals surface area contributed by atoms with Crippen LogP contribution in [0.1, 0.15) is 5.76 Å². The summed E-state index contributed by atoms with van der Waals surface area (Å²) in [5.41, 5.74) is 0.656. The topological polar surface area (TPSA) is 88.8 Å². The standard InChI is InChI=1S/C15H16N2O5S/c18-15-11-21-9-7-17(15)12-3-5-14(6-4-12)23(19,20)16-10-13-2-1-8-22-13/h1-6,8,16H,7,9-11H2. The minimum absolute atomic E-state index is 0.0464. The van der Waals surface area contributed by atoms with E-state index >= 15 is 0 Å². The molecule has 2 aromatic rings. The van der Waals surface area contributed by atoms with Crippen LogP contribution in [0.25, 0.3) is 0 Å². The number of furan rings is 1. The van der Waals surface area contributed by atoms with Crippen LogP contribution in [0, 0.1) is 0 Å². The fourth-order valence-corrected chi connectivity index (χ4v) is 3.25. The van der Waals surface area contributed by atoms with Crippen molar-refractivity contribution in [2.24, 2.45) is 0 Å². The van der Waals surface area contributed by atoms with Gasteiger partial charge in [0.1, 0.15) is 12.4 Å². The number of hydrogen-bond acceptors (Lipinski definition) is 5. The van der Waals surface area contributed by atoms with Crippen molar-refractivity contribution in [2.45, 2.75) is 11.4 Å². The smallest absolute Gasteiger partial charge is 0.253 e. The normalized spacial score (nSPS) is 15.8. The zero-order valence-corrected chi connectivity index (χ0v) is 13.1. The maximum atomic E-state index is 12.2. The van der Waals surface area contributed by atoms with Gasteiger partial charge < -0.3 is 14.1 Å². The van der Waals surface area contributed by atoms with E-state index in [1.54, 1.807) is 29.2 Å². The Morgan fingerprint density at radius 3 is 2.61 bits per heavy atom. The van der Waals surface area contributed by atoms with Gasteiger partial charge in [-0.1, -0.05) is 0 Å². The van der Waals surface area contributed by atoms with Gasteiger partial charge in [0, 0.05) is 12.2 Å². The predicted octanol–water partition coefficient (Wildman–Crippen LogP) is 1.12. The Morgan fingerprint density at radius 1 is 1.17 bits per heavy atom. The number of carbonyl (C=O) groups is 1. The van der Waals surface area contributed by atoms with E-state index in [0.717, 1.165) is 0 Å². The molecule has 2 heterocycles. The van der Waals surface area contributed by atoms with Crippen molar-refractivity contribution in [3.63, 3.8) is 0 Å². The molecular weight excluding hydrogens is 320 g/mol. The second-order valence-corrected chi connectivity index (χ2v) is 6.76. The molecule has 8 heteroatoms. The van der Waals surface area contributed by atoms with Gasteiger partial charge in [-0.25, -0.2) is 13.1 Å². The number of nitrogens with zero attached hydrogens (tertiary/aromatic N) is 1. The zero-order valence-electron chi connectivity index (χ0n) is 12.3. The van der Waals surface area contributed by atoms with Gasteiger partial charge in [0.25, 0.3) is 5.91 Å². The van der Waals surface area contributed by atoms with Crippen molar-refractivity contribution < 1.29 is 22.4 Å². The number of sulfonamides is 1.